The Morgan fingerprint density at radius 1 is 1.36 bits per heavy atom. The van der Waals surface area contributed by atoms with Crippen molar-refractivity contribution in [2.45, 2.75) is 5.75 Å². The van der Waals surface area contributed by atoms with Crippen LogP contribution < -0.4 is 0 Å². The average Bonchev–Trinajstić information content (AvgIpc) is 1.85. The summed E-state index contributed by atoms with van der Waals surface area (Å²) in [7, 11) is -3.21. The van der Waals surface area contributed by atoms with Gasteiger partial charge in [-0.05, 0) is 0 Å². The number of hydrogen-bond acceptors (Lipinski definition) is 4. The summed E-state index contributed by atoms with van der Waals surface area (Å²) in [5, 5.41) is 0. The van der Waals surface area contributed by atoms with Gasteiger partial charge in [0.1, 0.15) is 6.33 Å². The zero-order valence-corrected chi connectivity index (χ0v) is 6.58. The van der Waals surface area contributed by atoms with Crippen LogP contribution in [0.1, 0.15) is 5.56 Å². The van der Waals surface area contributed by atoms with Crippen LogP contribution in [0.4, 0.5) is 0 Å². The van der Waals surface area contributed by atoms with Crippen molar-refractivity contribution in [3.63, 3.8) is 0 Å². The fourth-order valence-corrected chi connectivity index (χ4v) is 1.32. The Balaban J connectivity index is 2.82. The highest BCUT2D eigenvalue weighted by Crippen LogP contribution is 2.00. The minimum absolute atomic E-state index is 0.103. The molecule has 0 N–H and O–H groups in total. The SMILES string of the molecule is [CH2]S(=O)(=O)Cc1cncnc1. The molecular formula is C6H7N2O2S. The van der Waals surface area contributed by atoms with Gasteiger partial charge in [0.25, 0.3) is 0 Å². The summed E-state index contributed by atoms with van der Waals surface area (Å²) in [5.41, 5.74) is 0.558. The maximum atomic E-state index is 10.6. The van der Waals surface area contributed by atoms with Crippen molar-refractivity contribution in [3.05, 3.63) is 30.5 Å². The van der Waals surface area contributed by atoms with Crippen LogP contribution in [0.15, 0.2) is 18.7 Å². The summed E-state index contributed by atoms with van der Waals surface area (Å²) >= 11 is 0. The highest BCUT2D eigenvalue weighted by Gasteiger charge is 2.03. The number of sulfone groups is 1. The van der Waals surface area contributed by atoms with Gasteiger partial charge >= 0.3 is 0 Å². The van der Waals surface area contributed by atoms with Crippen molar-refractivity contribution < 1.29 is 8.42 Å². The maximum absolute atomic E-state index is 10.6. The fraction of sp³-hybridized carbons (Fsp3) is 0.167. The van der Waals surface area contributed by atoms with Crippen molar-refractivity contribution in [1.82, 2.24) is 9.97 Å². The molecule has 11 heavy (non-hydrogen) atoms. The molecule has 0 saturated carbocycles. The molecule has 0 spiro atoms. The third kappa shape index (κ3) is 3.08. The molecule has 1 radical (unpaired) electrons. The molecule has 0 saturated heterocycles. The topological polar surface area (TPSA) is 59.9 Å². The zero-order valence-electron chi connectivity index (χ0n) is 5.77. The molecule has 1 heterocycles. The van der Waals surface area contributed by atoms with Crippen molar-refractivity contribution in [3.8, 4) is 0 Å². The highest BCUT2D eigenvalue weighted by molar-refractivity contribution is 7.91. The molecule has 1 aromatic heterocycles. The molecular weight excluding hydrogens is 164 g/mol. The Morgan fingerprint density at radius 2 is 1.91 bits per heavy atom. The monoisotopic (exact) mass is 171 g/mol. The van der Waals surface area contributed by atoms with E-state index in [0.29, 0.717) is 5.56 Å². The minimum Gasteiger partial charge on any atom is -0.245 e. The van der Waals surface area contributed by atoms with Crippen LogP contribution in [0.5, 0.6) is 0 Å². The minimum atomic E-state index is -3.21. The number of rotatable bonds is 2. The van der Waals surface area contributed by atoms with Crippen molar-refractivity contribution >= 4 is 9.84 Å². The Hall–Kier alpha value is -0.970. The summed E-state index contributed by atoms with van der Waals surface area (Å²) in [6.07, 6.45) is 7.24. The number of hydrogen-bond donors (Lipinski definition) is 0. The van der Waals surface area contributed by atoms with E-state index in [9.17, 15) is 8.42 Å². The second-order valence-electron chi connectivity index (χ2n) is 2.13. The number of nitrogens with zero attached hydrogens (tertiary/aromatic N) is 2. The third-order valence-corrected chi connectivity index (χ3v) is 1.77. The standard InChI is InChI=1S/C6H7N2O2S/c1-11(9,10)4-6-2-7-5-8-3-6/h2-3,5H,1,4H2. The van der Waals surface area contributed by atoms with Crippen LogP contribution >= 0.6 is 0 Å². The lowest BCUT2D eigenvalue weighted by Crippen LogP contribution is -1.98. The van der Waals surface area contributed by atoms with Gasteiger partial charge in [-0.25, -0.2) is 18.4 Å². The Kier molecular flexibility index (Phi) is 2.19. The first-order valence-corrected chi connectivity index (χ1v) is 4.70. The van der Waals surface area contributed by atoms with E-state index in [1.165, 1.54) is 18.7 Å². The van der Waals surface area contributed by atoms with Gasteiger partial charge in [-0.15, -0.1) is 0 Å². The molecule has 0 unspecified atom stereocenters. The van der Waals surface area contributed by atoms with E-state index in [0.717, 1.165) is 0 Å². The van der Waals surface area contributed by atoms with E-state index in [2.05, 4.69) is 16.2 Å². The van der Waals surface area contributed by atoms with E-state index in [4.69, 9.17) is 0 Å². The zero-order chi connectivity index (χ0) is 8.32. The van der Waals surface area contributed by atoms with Crippen LogP contribution in [0.3, 0.4) is 0 Å². The van der Waals surface area contributed by atoms with Gasteiger partial charge in [-0.3, -0.25) is 0 Å². The van der Waals surface area contributed by atoms with Crippen LogP contribution in [0, 0.1) is 6.26 Å². The highest BCUT2D eigenvalue weighted by atomic mass is 32.2. The predicted molar refractivity (Wildman–Crippen MR) is 40.0 cm³/mol. The van der Waals surface area contributed by atoms with Gasteiger partial charge in [0.05, 0.1) is 12.0 Å². The third-order valence-electron chi connectivity index (χ3n) is 1.00. The van der Waals surface area contributed by atoms with Crippen LogP contribution in [0.2, 0.25) is 0 Å². The molecule has 59 valence electrons. The molecule has 0 aliphatic carbocycles. The van der Waals surface area contributed by atoms with E-state index in [1.54, 1.807) is 0 Å². The molecule has 1 aromatic rings. The maximum Gasteiger partial charge on any atom is 0.155 e. The molecule has 0 amide bonds. The van der Waals surface area contributed by atoms with E-state index < -0.39 is 9.84 Å². The van der Waals surface area contributed by atoms with E-state index in [-0.39, 0.29) is 5.75 Å². The summed E-state index contributed by atoms with van der Waals surface area (Å²) in [6, 6.07) is 0. The first-order chi connectivity index (χ1) is 5.08. The molecule has 0 aliphatic heterocycles. The van der Waals surface area contributed by atoms with Gasteiger partial charge in [-0.1, -0.05) is 0 Å². The molecule has 5 heteroatoms. The molecule has 0 aromatic carbocycles. The lowest BCUT2D eigenvalue weighted by molar-refractivity contribution is 0.603. The van der Waals surface area contributed by atoms with Gasteiger partial charge in [0.15, 0.2) is 9.84 Å². The molecule has 0 atom stereocenters. The second kappa shape index (κ2) is 2.96. The van der Waals surface area contributed by atoms with Crippen LogP contribution in [-0.2, 0) is 15.6 Å². The summed E-state index contributed by atoms with van der Waals surface area (Å²) in [5.74, 6) is -0.103. The molecule has 1 rings (SSSR count). The first-order valence-electron chi connectivity index (χ1n) is 2.87. The van der Waals surface area contributed by atoms with Crippen molar-refractivity contribution in [2.24, 2.45) is 0 Å². The van der Waals surface area contributed by atoms with Crippen molar-refractivity contribution in [2.75, 3.05) is 0 Å². The van der Waals surface area contributed by atoms with Gasteiger partial charge < -0.3 is 0 Å². The molecule has 0 bridgehead atoms. The molecule has 4 nitrogen and oxygen atoms in total. The van der Waals surface area contributed by atoms with Crippen molar-refractivity contribution in [1.29, 1.82) is 0 Å². The van der Waals surface area contributed by atoms with Gasteiger partial charge in [0, 0.05) is 18.0 Å². The summed E-state index contributed by atoms with van der Waals surface area (Å²) in [6.45, 7) is 0. The molecule has 0 fully saturated rings. The van der Waals surface area contributed by atoms with E-state index >= 15 is 0 Å². The predicted octanol–water partition coefficient (Wildman–Crippen LogP) is 0.183. The van der Waals surface area contributed by atoms with Gasteiger partial charge in [-0.2, -0.15) is 0 Å². The van der Waals surface area contributed by atoms with E-state index in [1.807, 2.05) is 0 Å². The first kappa shape index (κ1) is 8.13. The van der Waals surface area contributed by atoms with Crippen LogP contribution in [0.25, 0.3) is 0 Å². The average molecular weight is 171 g/mol. The Labute approximate surface area is 65.2 Å². The Morgan fingerprint density at radius 3 is 2.36 bits per heavy atom. The lowest BCUT2D eigenvalue weighted by Gasteiger charge is -1.94. The largest absolute Gasteiger partial charge is 0.245 e. The van der Waals surface area contributed by atoms with Gasteiger partial charge in [0.2, 0.25) is 0 Å². The quantitative estimate of drug-likeness (QED) is 0.637. The normalized spacial score (nSPS) is 11.4. The second-order valence-corrected chi connectivity index (χ2v) is 3.91. The Bertz CT molecular complexity index is 320. The lowest BCUT2D eigenvalue weighted by atomic mass is 10.4. The smallest absolute Gasteiger partial charge is 0.155 e. The number of aromatic nitrogens is 2. The summed E-state index contributed by atoms with van der Waals surface area (Å²) in [4.78, 5) is 7.33. The molecule has 0 aliphatic rings. The summed E-state index contributed by atoms with van der Waals surface area (Å²) < 4.78 is 21.3. The van der Waals surface area contributed by atoms with Crippen LogP contribution in [-0.4, -0.2) is 18.4 Å². The fourth-order valence-electron chi connectivity index (χ4n) is 0.658.